The van der Waals surface area contributed by atoms with E-state index in [9.17, 15) is 39.0 Å². The molecule has 0 saturated carbocycles. The maximum atomic E-state index is 12.2. The summed E-state index contributed by atoms with van der Waals surface area (Å²) >= 11 is 16.9. The van der Waals surface area contributed by atoms with Gasteiger partial charge in [0, 0.05) is 67.8 Å². The number of halogens is 3. The number of nitrogens with one attached hydrogen (secondary N) is 1. The SMILES string of the molecule is CCOCCCOC(=O)C(=O)Cl.CCOCCCOC(=O)C(=O)N[C@H](Cc1ccc(-c2cccc(Cl)c2)cc1)C[C@@H](O)C(=O)O.COC(=O)[C@H](O)C[C@H](N)Cc1ccc(-c2cccc(Cl)c2)cc1. The summed E-state index contributed by atoms with van der Waals surface area (Å²) in [6, 6.07) is 29.3. The monoisotopic (exact) mass is 1000 g/mol. The van der Waals surface area contributed by atoms with Gasteiger partial charge in [0.25, 0.3) is 0 Å². The van der Waals surface area contributed by atoms with Crippen LogP contribution in [0.2, 0.25) is 10.0 Å². The lowest BCUT2D eigenvalue weighted by Gasteiger charge is -2.20. The van der Waals surface area contributed by atoms with Crippen LogP contribution in [0.5, 0.6) is 0 Å². The fourth-order valence-corrected chi connectivity index (χ4v) is 6.50. The number of hydrogen-bond donors (Lipinski definition) is 5. The van der Waals surface area contributed by atoms with Gasteiger partial charge in [0.1, 0.15) is 0 Å². The number of rotatable bonds is 24. The number of aliphatic hydroxyl groups is 2. The molecule has 0 fully saturated rings. The first-order valence-corrected chi connectivity index (χ1v) is 22.7. The van der Waals surface area contributed by atoms with Gasteiger partial charge in [0.15, 0.2) is 12.2 Å². The molecule has 1 amide bonds. The van der Waals surface area contributed by atoms with Crippen molar-refractivity contribution in [1.82, 2.24) is 5.32 Å². The predicted octanol–water partition coefficient (Wildman–Crippen LogP) is 6.36. The molecule has 0 aliphatic heterocycles. The first kappa shape index (κ1) is 58.7. The van der Waals surface area contributed by atoms with Gasteiger partial charge in [-0.1, -0.05) is 96.0 Å². The number of aliphatic carboxylic acids is 1. The zero-order chi connectivity index (χ0) is 50.4. The van der Waals surface area contributed by atoms with Crippen molar-refractivity contribution in [2.45, 2.75) is 76.7 Å². The number of carboxylic acid groups (broad SMARTS) is 1. The third kappa shape index (κ3) is 24.0. The highest BCUT2D eigenvalue weighted by Crippen LogP contribution is 2.25. The quantitative estimate of drug-likeness (QED) is 0.0168. The average Bonchev–Trinajstić information content (AvgIpc) is 3.31. The summed E-state index contributed by atoms with van der Waals surface area (Å²) in [6.45, 7) is 6.00. The second kappa shape index (κ2) is 33.1. The van der Waals surface area contributed by atoms with Gasteiger partial charge in [-0.05, 0) is 102 Å². The van der Waals surface area contributed by atoms with E-state index in [-0.39, 0.29) is 38.5 Å². The summed E-state index contributed by atoms with van der Waals surface area (Å²) in [5.41, 5.74) is 11.8. The Kier molecular flexibility index (Phi) is 28.6. The van der Waals surface area contributed by atoms with Crippen LogP contribution in [0.3, 0.4) is 0 Å². The van der Waals surface area contributed by atoms with Crippen molar-refractivity contribution in [2.75, 3.05) is 46.8 Å². The molecule has 19 heteroatoms. The van der Waals surface area contributed by atoms with E-state index in [4.69, 9.17) is 59.9 Å². The molecule has 4 aromatic rings. The number of ether oxygens (including phenoxy) is 5. The van der Waals surface area contributed by atoms with Gasteiger partial charge in [0.2, 0.25) is 0 Å². The number of carbonyl (C=O) groups excluding carboxylic acids is 5. The molecule has 16 nitrogen and oxygen atoms in total. The Morgan fingerprint density at radius 2 is 1.10 bits per heavy atom. The van der Waals surface area contributed by atoms with Gasteiger partial charge < -0.3 is 50.1 Å². The summed E-state index contributed by atoms with van der Waals surface area (Å²) in [7, 11) is 1.24. The third-order valence-electron chi connectivity index (χ3n) is 9.42. The van der Waals surface area contributed by atoms with Crippen LogP contribution in [0.1, 0.15) is 50.7 Å². The number of nitrogens with two attached hydrogens (primary N) is 1. The van der Waals surface area contributed by atoms with E-state index in [1.807, 2.05) is 105 Å². The number of esters is 3. The zero-order valence-corrected chi connectivity index (χ0v) is 40.3. The van der Waals surface area contributed by atoms with Crippen molar-refractivity contribution in [3.63, 3.8) is 0 Å². The van der Waals surface area contributed by atoms with Crippen LogP contribution in [0.4, 0.5) is 0 Å². The average molecular weight is 1010 g/mol. The molecule has 0 radical (unpaired) electrons. The van der Waals surface area contributed by atoms with Crippen molar-refractivity contribution in [3.8, 4) is 22.3 Å². The van der Waals surface area contributed by atoms with Crippen molar-refractivity contribution in [3.05, 3.63) is 118 Å². The number of hydrogen-bond acceptors (Lipinski definition) is 14. The fourth-order valence-electron chi connectivity index (χ4n) is 6.06. The summed E-state index contributed by atoms with van der Waals surface area (Å²) < 4.78 is 23.9. The molecular weight excluding hydrogens is 947 g/mol. The minimum absolute atomic E-state index is 0.0274. The lowest BCUT2D eigenvalue weighted by molar-refractivity contribution is -0.155. The third-order valence-corrected chi connectivity index (χ3v) is 10.0. The molecule has 0 bridgehead atoms. The van der Waals surface area contributed by atoms with Crippen molar-refractivity contribution >= 4 is 69.8 Å². The molecule has 4 atom stereocenters. The van der Waals surface area contributed by atoms with E-state index in [0.717, 1.165) is 33.4 Å². The van der Waals surface area contributed by atoms with Crippen molar-refractivity contribution in [1.29, 1.82) is 0 Å². The van der Waals surface area contributed by atoms with Crippen LogP contribution in [0, 0.1) is 0 Å². The Morgan fingerprint density at radius 3 is 1.53 bits per heavy atom. The summed E-state index contributed by atoms with van der Waals surface area (Å²) in [4.78, 5) is 67.0. The molecule has 6 N–H and O–H groups in total. The van der Waals surface area contributed by atoms with Crippen LogP contribution >= 0.6 is 34.8 Å². The minimum atomic E-state index is -1.69. The topological polar surface area (TPSA) is 247 Å². The molecule has 0 aliphatic carbocycles. The van der Waals surface area contributed by atoms with E-state index in [0.29, 0.717) is 55.7 Å². The molecular formula is C49H59Cl3N2O14. The summed E-state index contributed by atoms with van der Waals surface area (Å²) in [6.07, 6.45) is -1.16. The van der Waals surface area contributed by atoms with Gasteiger partial charge in [-0.2, -0.15) is 0 Å². The van der Waals surface area contributed by atoms with E-state index in [1.54, 1.807) is 6.07 Å². The maximum absolute atomic E-state index is 12.2. The van der Waals surface area contributed by atoms with E-state index >= 15 is 0 Å². The molecule has 0 aromatic heterocycles. The van der Waals surface area contributed by atoms with Crippen molar-refractivity contribution in [2.24, 2.45) is 5.73 Å². The molecule has 4 rings (SSSR count). The number of benzene rings is 4. The van der Waals surface area contributed by atoms with Crippen molar-refractivity contribution < 1.29 is 67.8 Å². The maximum Gasteiger partial charge on any atom is 0.396 e. The van der Waals surface area contributed by atoms with Gasteiger partial charge in [0.05, 0.1) is 20.3 Å². The molecule has 0 spiro atoms. The predicted molar refractivity (Wildman–Crippen MR) is 257 cm³/mol. The zero-order valence-electron chi connectivity index (χ0n) is 38.1. The lowest BCUT2D eigenvalue weighted by atomic mass is 9.98. The Morgan fingerprint density at radius 1 is 0.632 bits per heavy atom. The number of carbonyl (C=O) groups is 6. The Labute approximate surface area is 410 Å². The summed E-state index contributed by atoms with van der Waals surface area (Å²) in [5, 5.41) is 31.1. The molecule has 4 aromatic carbocycles. The second-order valence-corrected chi connectivity index (χ2v) is 16.0. The van der Waals surface area contributed by atoms with E-state index < -0.39 is 53.3 Å². The standard InChI is InChI=1S/C24H28ClNO7.C18H20ClNO3.C7H11ClO4/c1-2-32-11-4-12-33-24(31)22(28)26-20(15-21(27)23(29)30)13-16-7-9-17(10-8-16)18-5-3-6-19(25)14-18;1-23-18(22)17(21)11-16(20)9-12-5-7-13(8-6-12)14-3-2-4-15(19)10-14;1-2-11-4-3-5-12-7(10)6(8)9/h3,5-10,14,20-21,27H,2,4,11-13,15H2,1H3,(H,26,28)(H,29,30);2-8,10,16-17,21H,9,11,20H2,1H3;2-5H2,1H3/t20-,21-;16-,17-;/m11./s1. The second-order valence-electron chi connectivity index (χ2n) is 14.8. The highest BCUT2D eigenvalue weighted by Gasteiger charge is 2.25. The lowest BCUT2D eigenvalue weighted by Crippen LogP contribution is -2.44. The van der Waals surface area contributed by atoms with Crippen LogP contribution in [-0.4, -0.2) is 121 Å². The molecule has 0 aliphatic rings. The Hall–Kier alpha value is -5.43. The van der Waals surface area contributed by atoms with Crippen LogP contribution in [-0.2, 0) is 65.3 Å². The molecule has 370 valence electrons. The highest BCUT2D eigenvalue weighted by atomic mass is 35.5. The molecule has 0 saturated heterocycles. The van der Waals surface area contributed by atoms with Crippen LogP contribution in [0.15, 0.2) is 97.1 Å². The van der Waals surface area contributed by atoms with E-state index in [2.05, 4.69) is 14.8 Å². The van der Waals surface area contributed by atoms with Gasteiger partial charge in [-0.3, -0.25) is 9.59 Å². The molecule has 0 heterocycles. The normalized spacial score (nSPS) is 12.3. The van der Waals surface area contributed by atoms with Crippen LogP contribution in [0.25, 0.3) is 22.3 Å². The summed E-state index contributed by atoms with van der Waals surface area (Å²) in [5.74, 6) is -5.14. The Bertz CT molecular complexity index is 2180. The highest BCUT2D eigenvalue weighted by molar-refractivity contribution is 6.80. The molecule has 68 heavy (non-hydrogen) atoms. The number of aliphatic hydroxyl groups excluding tert-OH is 2. The van der Waals surface area contributed by atoms with Gasteiger partial charge in [-0.15, -0.1) is 0 Å². The van der Waals surface area contributed by atoms with Crippen LogP contribution < -0.4 is 11.1 Å². The Balaban J connectivity index is 0.000000391. The number of methoxy groups -OCH3 is 1. The first-order chi connectivity index (χ1) is 32.5. The van der Waals surface area contributed by atoms with Gasteiger partial charge in [-0.25, -0.2) is 19.2 Å². The van der Waals surface area contributed by atoms with E-state index in [1.165, 1.54) is 7.11 Å². The minimum Gasteiger partial charge on any atom is -0.479 e. The number of amides is 1. The number of carboxylic acids is 1. The fraction of sp³-hybridized carbons (Fsp3) is 0.388. The van der Waals surface area contributed by atoms with Gasteiger partial charge >= 0.3 is 35.0 Å². The smallest absolute Gasteiger partial charge is 0.396 e. The molecule has 0 unspecified atom stereocenters. The largest absolute Gasteiger partial charge is 0.479 e. The first-order valence-electron chi connectivity index (χ1n) is 21.6.